The summed E-state index contributed by atoms with van der Waals surface area (Å²) >= 11 is 3.30. The fourth-order valence-electron chi connectivity index (χ4n) is 3.73. The first kappa shape index (κ1) is 13.9. The summed E-state index contributed by atoms with van der Waals surface area (Å²) < 4.78 is 14.7. The summed E-state index contributed by atoms with van der Waals surface area (Å²) in [6.45, 7) is 1.78. The number of amides is 1. The first-order valence-electron chi connectivity index (χ1n) is 7.05. The average Bonchev–Trinajstić information content (AvgIpc) is 2.99. The molecule has 1 spiro atoms. The van der Waals surface area contributed by atoms with Crippen LogP contribution in [-0.2, 0) is 0 Å². The summed E-state index contributed by atoms with van der Waals surface area (Å²) in [5.41, 5.74) is 6.38. The number of nitrogens with zero attached hydrogens (tertiary/aromatic N) is 1. The monoisotopic (exact) mass is 340 g/mol. The highest BCUT2D eigenvalue weighted by Crippen LogP contribution is 2.47. The summed E-state index contributed by atoms with van der Waals surface area (Å²) in [4.78, 5) is 13.7. The molecule has 1 amide bonds. The van der Waals surface area contributed by atoms with E-state index >= 15 is 0 Å². The third-order valence-corrected chi connectivity index (χ3v) is 5.18. The van der Waals surface area contributed by atoms with Gasteiger partial charge in [-0.3, -0.25) is 4.79 Å². The maximum atomic E-state index is 14.0. The molecule has 1 aliphatic carbocycles. The Morgan fingerprint density at radius 3 is 2.65 bits per heavy atom. The van der Waals surface area contributed by atoms with Crippen LogP contribution in [0.15, 0.2) is 16.6 Å². The van der Waals surface area contributed by atoms with Crippen molar-refractivity contribution in [3.8, 4) is 0 Å². The molecule has 0 atom stereocenters. The van der Waals surface area contributed by atoms with Crippen molar-refractivity contribution in [2.75, 3.05) is 18.0 Å². The molecule has 0 unspecified atom stereocenters. The Morgan fingerprint density at radius 1 is 1.30 bits per heavy atom. The van der Waals surface area contributed by atoms with Gasteiger partial charge in [0, 0.05) is 17.6 Å². The lowest BCUT2D eigenvalue weighted by molar-refractivity contribution is 0.0997. The van der Waals surface area contributed by atoms with Gasteiger partial charge in [0.2, 0.25) is 0 Å². The highest BCUT2D eigenvalue weighted by atomic mass is 79.9. The number of hydrogen-bond acceptors (Lipinski definition) is 2. The molecule has 1 aromatic rings. The number of carbonyl (C=O) groups excluding carboxylic acids is 1. The van der Waals surface area contributed by atoms with Crippen molar-refractivity contribution in [2.45, 2.75) is 32.1 Å². The van der Waals surface area contributed by atoms with Crippen LogP contribution in [-0.4, -0.2) is 19.0 Å². The maximum absolute atomic E-state index is 14.0. The van der Waals surface area contributed by atoms with Crippen molar-refractivity contribution in [3.05, 3.63) is 28.0 Å². The molecule has 1 saturated carbocycles. The van der Waals surface area contributed by atoms with Gasteiger partial charge in [-0.1, -0.05) is 28.8 Å². The van der Waals surface area contributed by atoms with Crippen LogP contribution < -0.4 is 10.6 Å². The third-order valence-electron chi connectivity index (χ3n) is 4.72. The van der Waals surface area contributed by atoms with Gasteiger partial charge in [0.05, 0.1) is 11.3 Å². The minimum Gasteiger partial charge on any atom is -0.370 e. The number of carbonyl (C=O) groups is 1. The average molecular weight is 341 g/mol. The molecule has 0 bridgehead atoms. The molecule has 2 aliphatic rings. The molecule has 1 aliphatic heterocycles. The second kappa shape index (κ2) is 5.02. The molecule has 0 radical (unpaired) electrons. The van der Waals surface area contributed by atoms with Gasteiger partial charge in [-0.15, -0.1) is 0 Å². The molecule has 2 fully saturated rings. The van der Waals surface area contributed by atoms with E-state index in [0.717, 1.165) is 19.5 Å². The van der Waals surface area contributed by atoms with Gasteiger partial charge < -0.3 is 10.6 Å². The van der Waals surface area contributed by atoms with Crippen LogP contribution in [0, 0.1) is 11.2 Å². The number of hydrogen-bond donors (Lipinski definition) is 1. The Kier molecular flexibility index (Phi) is 3.48. The molecule has 20 heavy (non-hydrogen) atoms. The van der Waals surface area contributed by atoms with E-state index in [9.17, 15) is 9.18 Å². The minimum absolute atomic E-state index is 0.0169. The van der Waals surface area contributed by atoms with E-state index in [0.29, 0.717) is 15.6 Å². The molecular weight excluding hydrogens is 323 g/mol. The fraction of sp³-hybridized carbons (Fsp3) is 0.533. The highest BCUT2D eigenvalue weighted by Gasteiger charge is 2.41. The Hall–Kier alpha value is -1.10. The van der Waals surface area contributed by atoms with E-state index in [2.05, 4.69) is 20.8 Å². The van der Waals surface area contributed by atoms with Gasteiger partial charge in [0.15, 0.2) is 0 Å². The van der Waals surface area contributed by atoms with Crippen molar-refractivity contribution < 1.29 is 9.18 Å². The predicted octanol–water partition coefficient (Wildman–Crippen LogP) is 3.46. The smallest absolute Gasteiger partial charge is 0.253 e. The number of halogens is 2. The summed E-state index contributed by atoms with van der Waals surface area (Å²) in [5, 5.41) is 0. The van der Waals surface area contributed by atoms with Gasteiger partial charge >= 0.3 is 0 Å². The maximum Gasteiger partial charge on any atom is 0.253 e. The summed E-state index contributed by atoms with van der Waals surface area (Å²) in [6.07, 6.45) is 6.17. The lowest BCUT2D eigenvalue weighted by Gasteiger charge is -2.26. The summed E-state index contributed by atoms with van der Waals surface area (Å²) in [7, 11) is 0. The van der Waals surface area contributed by atoms with Crippen LogP contribution in [0.25, 0.3) is 0 Å². The zero-order valence-electron chi connectivity index (χ0n) is 11.3. The van der Waals surface area contributed by atoms with E-state index in [1.165, 1.54) is 31.7 Å². The molecule has 3 rings (SSSR count). The summed E-state index contributed by atoms with van der Waals surface area (Å²) in [5.74, 6) is -1.24. The minimum atomic E-state index is -0.697. The lowest BCUT2D eigenvalue weighted by Crippen LogP contribution is -2.28. The van der Waals surface area contributed by atoms with Gasteiger partial charge in [-0.25, -0.2) is 4.39 Å². The van der Waals surface area contributed by atoms with Crippen LogP contribution >= 0.6 is 15.9 Å². The molecule has 3 nitrogen and oxygen atoms in total. The third kappa shape index (κ3) is 2.32. The van der Waals surface area contributed by atoms with E-state index in [-0.39, 0.29) is 5.56 Å². The Bertz CT molecular complexity index is 555. The van der Waals surface area contributed by atoms with Crippen molar-refractivity contribution in [1.82, 2.24) is 0 Å². The Morgan fingerprint density at radius 2 is 2.00 bits per heavy atom. The van der Waals surface area contributed by atoms with Crippen LogP contribution in [0.2, 0.25) is 0 Å². The van der Waals surface area contributed by atoms with Crippen LogP contribution in [0.1, 0.15) is 42.5 Å². The number of rotatable bonds is 2. The standard InChI is InChI=1S/C15H18BrFN2O/c16-10-7-11(17)13(14(18)20)12(8-10)19-6-5-15(9-19)3-1-2-4-15/h7-8H,1-6,9H2,(H2,18,20). The highest BCUT2D eigenvalue weighted by molar-refractivity contribution is 9.10. The molecule has 0 aromatic heterocycles. The van der Waals surface area contributed by atoms with E-state index in [1.54, 1.807) is 6.07 Å². The molecule has 108 valence electrons. The van der Waals surface area contributed by atoms with Crippen molar-refractivity contribution in [3.63, 3.8) is 0 Å². The second-order valence-electron chi connectivity index (χ2n) is 6.02. The first-order chi connectivity index (χ1) is 9.51. The molecule has 1 saturated heterocycles. The fourth-order valence-corrected chi connectivity index (χ4v) is 4.15. The van der Waals surface area contributed by atoms with Crippen LogP contribution in [0.4, 0.5) is 10.1 Å². The normalized spacial score (nSPS) is 20.8. The van der Waals surface area contributed by atoms with Gasteiger partial charge in [-0.05, 0) is 36.8 Å². The number of benzene rings is 1. The molecule has 1 aromatic carbocycles. The number of anilines is 1. The van der Waals surface area contributed by atoms with Gasteiger partial charge in [-0.2, -0.15) is 0 Å². The van der Waals surface area contributed by atoms with Crippen LogP contribution in [0.5, 0.6) is 0 Å². The zero-order valence-corrected chi connectivity index (χ0v) is 12.9. The molecule has 2 N–H and O–H groups in total. The summed E-state index contributed by atoms with van der Waals surface area (Å²) in [6, 6.07) is 3.10. The van der Waals surface area contributed by atoms with E-state index < -0.39 is 11.7 Å². The Balaban J connectivity index is 1.96. The SMILES string of the molecule is NC(=O)c1c(F)cc(Br)cc1N1CCC2(CCCC2)C1. The quantitative estimate of drug-likeness (QED) is 0.896. The number of primary amides is 1. The Labute approximate surface area is 126 Å². The van der Waals surface area contributed by atoms with Crippen LogP contribution in [0.3, 0.4) is 0 Å². The topological polar surface area (TPSA) is 46.3 Å². The van der Waals surface area contributed by atoms with E-state index in [1.807, 2.05) is 0 Å². The van der Waals surface area contributed by atoms with Gasteiger partial charge in [0.1, 0.15) is 5.82 Å². The number of nitrogens with two attached hydrogens (primary N) is 1. The van der Waals surface area contributed by atoms with Crippen molar-refractivity contribution >= 4 is 27.5 Å². The molecule has 1 heterocycles. The van der Waals surface area contributed by atoms with E-state index in [4.69, 9.17) is 5.73 Å². The molecular formula is C15H18BrFN2O. The predicted molar refractivity (Wildman–Crippen MR) is 80.3 cm³/mol. The largest absolute Gasteiger partial charge is 0.370 e. The second-order valence-corrected chi connectivity index (χ2v) is 6.94. The molecule has 5 heteroatoms. The zero-order chi connectivity index (χ0) is 14.3. The van der Waals surface area contributed by atoms with Crippen molar-refractivity contribution in [2.24, 2.45) is 11.1 Å². The van der Waals surface area contributed by atoms with Gasteiger partial charge in [0.25, 0.3) is 5.91 Å². The first-order valence-corrected chi connectivity index (χ1v) is 7.84. The van der Waals surface area contributed by atoms with Crippen molar-refractivity contribution in [1.29, 1.82) is 0 Å². The lowest BCUT2D eigenvalue weighted by atomic mass is 9.86.